The Hall–Kier alpha value is -1.36. The molecule has 0 amide bonds. The average Bonchev–Trinajstić information content (AvgIpc) is 2.22. The fourth-order valence-electron chi connectivity index (χ4n) is 1.35. The van der Waals surface area contributed by atoms with Crippen molar-refractivity contribution < 1.29 is 0 Å². The lowest BCUT2D eigenvalue weighted by Gasteiger charge is -2.21. The molecule has 1 aromatic rings. The first-order chi connectivity index (χ1) is 6.72. The van der Waals surface area contributed by atoms with E-state index >= 15 is 0 Å². The number of nitrogen functional groups attached to an aromatic ring is 1. The first kappa shape index (κ1) is 10.7. The fourth-order valence-corrected chi connectivity index (χ4v) is 1.35. The maximum Gasteiger partial charge on any atom is 0.239 e. The van der Waals surface area contributed by atoms with E-state index in [0.29, 0.717) is 5.95 Å². The van der Waals surface area contributed by atoms with Crippen LogP contribution in [0.15, 0.2) is 6.20 Å². The van der Waals surface area contributed by atoms with Crippen LogP contribution < -0.4 is 16.2 Å². The van der Waals surface area contributed by atoms with E-state index in [1.165, 1.54) is 0 Å². The third-order valence-electron chi connectivity index (χ3n) is 2.14. The number of nitrogens with one attached hydrogen (secondary N) is 1. The number of nitrogens with two attached hydrogens (primary N) is 1. The molecule has 5 heteroatoms. The van der Waals surface area contributed by atoms with Crippen LogP contribution >= 0.6 is 0 Å². The molecule has 0 bridgehead atoms. The van der Waals surface area contributed by atoms with Crippen LogP contribution in [-0.2, 0) is 0 Å². The van der Waals surface area contributed by atoms with Gasteiger partial charge in [-0.1, -0.05) is 0 Å². The first-order valence-electron chi connectivity index (χ1n) is 4.78. The average molecular weight is 195 g/mol. The normalized spacial score (nSPS) is 10.0. The Kier molecular flexibility index (Phi) is 3.64. The van der Waals surface area contributed by atoms with Crippen LogP contribution in [0.2, 0.25) is 0 Å². The molecular weight excluding hydrogens is 178 g/mol. The maximum atomic E-state index is 5.26. The SMILES string of the molecule is CCN(CC)c1nc(NN)ncc1C. The summed E-state index contributed by atoms with van der Waals surface area (Å²) < 4.78 is 0. The predicted octanol–water partition coefficient (Wildman–Crippen LogP) is 0.917. The van der Waals surface area contributed by atoms with Gasteiger partial charge in [-0.3, -0.25) is 5.43 Å². The van der Waals surface area contributed by atoms with Gasteiger partial charge < -0.3 is 4.90 Å². The van der Waals surface area contributed by atoms with Crippen molar-refractivity contribution in [1.82, 2.24) is 9.97 Å². The summed E-state index contributed by atoms with van der Waals surface area (Å²) in [5, 5.41) is 0. The zero-order valence-corrected chi connectivity index (χ0v) is 8.91. The molecule has 0 aliphatic carbocycles. The van der Waals surface area contributed by atoms with Crippen molar-refractivity contribution in [2.75, 3.05) is 23.4 Å². The molecule has 0 aliphatic heterocycles. The van der Waals surface area contributed by atoms with Crippen molar-refractivity contribution in [1.29, 1.82) is 0 Å². The van der Waals surface area contributed by atoms with E-state index in [4.69, 9.17) is 5.84 Å². The molecule has 0 unspecified atom stereocenters. The van der Waals surface area contributed by atoms with Crippen molar-refractivity contribution in [2.24, 2.45) is 5.84 Å². The van der Waals surface area contributed by atoms with Crippen LogP contribution in [0.5, 0.6) is 0 Å². The standard InChI is InChI=1S/C9H17N5/c1-4-14(5-2)8-7(3)6-11-9(12-8)13-10/h6H,4-5,10H2,1-3H3,(H,11,12,13). The zero-order valence-electron chi connectivity index (χ0n) is 8.91. The topological polar surface area (TPSA) is 67.1 Å². The summed E-state index contributed by atoms with van der Waals surface area (Å²) in [6.07, 6.45) is 1.77. The van der Waals surface area contributed by atoms with Crippen molar-refractivity contribution >= 4 is 11.8 Å². The molecule has 14 heavy (non-hydrogen) atoms. The predicted molar refractivity (Wildman–Crippen MR) is 58.1 cm³/mol. The minimum atomic E-state index is 0.456. The third kappa shape index (κ3) is 2.11. The van der Waals surface area contributed by atoms with Crippen LogP contribution in [0.25, 0.3) is 0 Å². The van der Waals surface area contributed by atoms with Gasteiger partial charge in [-0.2, -0.15) is 4.98 Å². The number of hydrogen-bond donors (Lipinski definition) is 2. The van der Waals surface area contributed by atoms with Gasteiger partial charge in [-0.25, -0.2) is 10.8 Å². The second-order valence-corrected chi connectivity index (χ2v) is 3.02. The molecule has 0 aliphatic rings. The van der Waals surface area contributed by atoms with Crippen molar-refractivity contribution in [2.45, 2.75) is 20.8 Å². The monoisotopic (exact) mass is 195 g/mol. The highest BCUT2D eigenvalue weighted by Gasteiger charge is 2.08. The molecule has 0 atom stereocenters. The number of rotatable bonds is 4. The second kappa shape index (κ2) is 4.76. The highest BCUT2D eigenvalue weighted by Crippen LogP contribution is 2.16. The molecule has 1 aromatic heterocycles. The van der Waals surface area contributed by atoms with Crippen LogP contribution in [0.4, 0.5) is 11.8 Å². The number of aryl methyl sites for hydroxylation is 1. The summed E-state index contributed by atoms with van der Waals surface area (Å²) in [5.41, 5.74) is 3.51. The second-order valence-electron chi connectivity index (χ2n) is 3.02. The molecule has 5 nitrogen and oxygen atoms in total. The van der Waals surface area contributed by atoms with Crippen molar-refractivity contribution in [3.05, 3.63) is 11.8 Å². The Morgan fingerprint density at radius 3 is 2.57 bits per heavy atom. The molecular formula is C9H17N5. The van der Waals surface area contributed by atoms with E-state index in [2.05, 4.69) is 34.1 Å². The Labute approximate surface area is 84.3 Å². The molecule has 3 N–H and O–H groups in total. The lowest BCUT2D eigenvalue weighted by molar-refractivity contribution is 0.835. The van der Waals surface area contributed by atoms with Crippen molar-refractivity contribution in [3.63, 3.8) is 0 Å². The third-order valence-corrected chi connectivity index (χ3v) is 2.14. The van der Waals surface area contributed by atoms with Gasteiger partial charge in [0.15, 0.2) is 0 Å². The highest BCUT2D eigenvalue weighted by molar-refractivity contribution is 5.48. The number of hydrogen-bond acceptors (Lipinski definition) is 5. The van der Waals surface area contributed by atoms with E-state index in [-0.39, 0.29) is 0 Å². The van der Waals surface area contributed by atoms with Crippen LogP contribution in [0, 0.1) is 6.92 Å². The van der Waals surface area contributed by atoms with E-state index in [1.54, 1.807) is 6.20 Å². The quantitative estimate of drug-likeness (QED) is 0.552. The first-order valence-corrected chi connectivity index (χ1v) is 4.78. The Morgan fingerprint density at radius 2 is 2.07 bits per heavy atom. The number of nitrogens with zero attached hydrogens (tertiary/aromatic N) is 3. The summed E-state index contributed by atoms with van der Waals surface area (Å²) in [6.45, 7) is 8.05. The molecule has 1 rings (SSSR count). The van der Waals surface area contributed by atoms with Crippen LogP contribution in [0.3, 0.4) is 0 Å². The summed E-state index contributed by atoms with van der Waals surface area (Å²) in [7, 11) is 0. The maximum absolute atomic E-state index is 5.26. The van der Waals surface area contributed by atoms with Crippen LogP contribution in [0.1, 0.15) is 19.4 Å². The minimum absolute atomic E-state index is 0.456. The molecule has 0 saturated heterocycles. The van der Waals surface area contributed by atoms with E-state index in [9.17, 15) is 0 Å². The van der Waals surface area contributed by atoms with Crippen LogP contribution in [-0.4, -0.2) is 23.1 Å². The molecule has 0 fully saturated rings. The summed E-state index contributed by atoms with van der Waals surface area (Å²) in [4.78, 5) is 10.5. The van der Waals surface area contributed by atoms with Gasteiger partial charge in [0.25, 0.3) is 0 Å². The zero-order chi connectivity index (χ0) is 10.6. The van der Waals surface area contributed by atoms with Gasteiger partial charge in [-0.05, 0) is 20.8 Å². The van der Waals surface area contributed by atoms with Gasteiger partial charge >= 0.3 is 0 Å². The number of hydrazine groups is 1. The molecule has 0 saturated carbocycles. The molecule has 78 valence electrons. The largest absolute Gasteiger partial charge is 0.357 e. The number of aromatic nitrogens is 2. The Bertz CT molecular complexity index is 295. The van der Waals surface area contributed by atoms with Gasteiger partial charge in [0.2, 0.25) is 5.95 Å². The summed E-state index contributed by atoms with van der Waals surface area (Å²) in [5.74, 6) is 6.66. The Morgan fingerprint density at radius 1 is 1.43 bits per heavy atom. The smallest absolute Gasteiger partial charge is 0.239 e. The Balaban J connectivity index is 3.04. The minimum Gasteiger partial charge on any atom is -0.357 e. The molecule has 0 aromatic carbocycles. The van der Waals surface area contributed by atoms with E-state index < -0.39 is 0 Å². The summed E-state index contributed by atoms with van der Waals surface area (Å²) >= 11 is 0. The van der Waals surface area contributed by atoms with E-state index in [1.807, 2.05) is 6.92 Å². The van der Waals surface area contributed by atoms with Gasteiger partial charge in [0, 0.05) is 24.8 Å². The molecule has 0 spiro atoms. The number of anilines is 2. The fraction of sp³-hybridized carbons (Fsp3) is 0.556. The van der Waals surface area contributed by atoms with Gasteiger partial charge in [0.1, 0.15) is 5.82 Å². The van der Waals surface area contributed by atoms with Crippen molar-refractivity contribution in [3.8, 4) is 0 Å². The van der Waals surface area contributed by atoms with Gasteiger partial charge in [0.05, 0.1) is 0 Å². The van der Waals surface area contributed by atoms with Gasteiger partial charge in [-0.15, -0.1) is 0 Å². The lowest BCUT2D eigenvalue weighted by atomic mass is 10.3. The van der Waals surface area contributed by atoms with E-state index in [0.717, 1.165) is 24.5 Å². The lowest BCUT2D eigenvalue weighted by Crippen LogP contribution is -2.25. The summed E-state index contributed by atoms with van der Waals surface area (Å²) in [6, 6.07) is 0. The highest BCUT2D eigenvalue weighted by atomic mass is 15.3. The molecule has 0 radical (unpaired) electrons. The molecule has 1 heterocycles.